The Balaban J connectivity index is 2.46. The van der Waals surface area contributed by atoms with E-state index in [1.165, 1.54) is 25.8 Å². The van der Waals surface area contributed by atoms with E-state index in [0.29, 0.717) is 5.92 Å². The van der Waals surface area contributed by atoms with Crippen molar-refractivity contribution in [1.29, 1.82) is 0 Å². The van der Waals surface area contributed by atoms with Crippen molar-refractivity contribution in [2.45, 2.75) is 38.6 Å². The van der Waals surface area contributed by atoms with E-state index in [0.717, 1.165) is 0 Å². The van der Waals surface area contributed by atoms with Gasteiger partial charge in [-0.1, -0.05) is 12.8 Å². The Hall–Kier alpha value is -0.480. The van der Waals surface area contributed by atoms with Crippen LogP contribution in [0.3, 0.4) is 0 Å². The van der Waals surface area contributed by atoms with E-state index >= 15 is 0 Å². The summed E-state index contributed by atoms with van der Waals surface area (Å²) in [5.74, 6) is 3.82. The molecule has 0 amide bonds. The maximum Gasteiger partial charge on any atom is 0.0530 e. The van der Waals surface area contributed by atoms with Gasteiger partial charge in [-0.3, -0.25) is 4.90 Å². The van der Waals surface area contributed by atoms with Crippen LogP contribution in [0.15, 0.2) is 0 Å². The standard InChI is InChI=1S/C12H19N/c1-5-12-8-9-13(4)11(12,3)7-6-10(12)2/h1,10H,6-9H2,2-4H3/t10?,11-,12+/m1/s1. The third-order valence-electron chi connectivity index (χ3n) is 4.81. The SMILES string of the molecule is C#C[C@@]12CCN(C)[C@]1(C)CCC2C. The Bertz CT molecular complexity index is 265. The normalized spacial score (nSPS) is 50.5. The van der Waals surface area contributed by atoms with Crippen LogP contribution in [0.1, 0.15) is 33.1 Å². The molecule has 0 spiro atoms. The summed E-state index contributed by atoms with van der Waals surface area (Å²) < 4.78 is 0. The third-order valence-corrected chi connectivity index (χ3v) is 4.81. The molecule has 1 aliphatic carbocycles. The van der Waals surface area contributed by atoms with Crippen molar-refractivity contribution in [3.63, 3.8) is 0 Å². The predicted octanol–water partition coefficient (Wildman–Crippen LogP) is 2.13. The summed E-state index contributed by atoms with van der Waals surface area (Å²) in [5.41, 5.74) is 0.447. The lowest BCUT2D eigenvalue weighted by Gasteiger charge is -2.39. The Labute approximate surface area is 81.5 Å². The first kappa shape index (κ1) is 9.09. The zero-order valence-corrected chi connectivity index (χ0v) is 8.93. The second kappa shape index (κ2) is 2.51. The van der Waals surface area contributed by atoms with Crippen LogP contribution >= 0.6 is 0 Å². The van der Waals surface area contributed by atoms with E-state index in [4.69, 9.17) is 6.42 Å². The van der Waals surface area contributed by atoms with Crippen LogP contribution in [0.4, 0.5) is 0 Å². The molecule has 1 saturated heterocycles. The first-order chi connectivity index (χ1) is 6.07. The summed E-state index contributed by atoms with van der Waals surface area (Å²) in [6, 6.07) is 0. The minimum absolute atomic E-state index is 0.168. The fourth-order valence-electron chi connectivity index (χ4n) is 3.51. The molecule has 1 saturated carbocycles. The molecule has 0 radical (unpaired) electrons. The Morgan fingerprint density at radius 3 is 2.69 bits per heavy atom. The average molecular weight is 177 g/mol. The summed E-state index contributed by atoms with van der Waals surface area (Å²) in [7, 11) is 2.22. The van der Waals surface area contributed by atoms with Gasteiger partial charge < -0.3 is 0 Å². The summed E-state index contributed by atoms with van der Waals surface area (Å²) in [5, 5.41) is 0. The summed E-state index contributed by atoms with van der Waals surface area (Å²) in [4.78, 5) is 2.47. The molecule has 0 aromatic carbocycles. The molecule has 1 heterocycles. The van der Waals surface area contributed by atoms with Crippen LogP contribution < -0.4 is 0 Å². The van der Waals surface area contributed by atoms with Gasteiger partial charge in [0.25, 0.3) is 0 Å². The third kappa shape index (κ3) is 0.828. The minimum Gasteiger partial charge on any atom is -0.299 e. The van der Waals surface area contributed by atoms with Crippen LogP contribution in [0.5, 0.6) is 0 Å². The van der Waals surface area contributed by atoms with Crippen molar-refractivity contribution in [2.24, 2.45) is 11.3 Å². The van der Waals surface area contributed by atoms with Gasteiger partial charge in [0.1, 0.15) is 0 Å². The molecule has 2 fully saturated rings. The summed E-state index contributed by atoms with van der Waals surface area (Å²) in [6.45, 7) is 5.85. The second-order valence-electron chi connectivity index (χ2n) is 5.00. The average Bonchev–Trinajstić information content (AvgIpc) is 2.52. The molecule has 13 heavy (non-hydrogen) atoms. The Morgan fingerprint density at radius 2 is 2.15 bits per heavy atom. The molecule has 1 heteroatoms. The smallest absolute Gasteiger partial charge is 0.0530 e. The molecule has 1 nitrogen and oxygen atoms in total. The second-order valence-corrected chi connectivity index (χ2v) is 5.00. The highest BCUT2D eigenvalue weighted by atomic mass is 15.2. The summed E-state index contributed by atoms with van der Waals surface area (Å²) >= 11 is 0. The highest BCUT2D eigenvalue weighted by molar-refractivity contribution is 5.25. The molecule has 2 aliphatic rings. The van der Waals surface area contributed by atoms with Crippen molar-refractivity contribution in [3.05, 3.63) is 0 Å². The number of nitrogens with zero attached hydrogens (tertiary/aromatic N) is 1. The number of rotatable bonds is 0. The van der Waals surface area contributed by atoms with E-state index in [-0.39, 0.29) is 11.0 Å². The van der Waals surface area contributed by atoms with E-state index in [9.17, 15) is 0 Å². The quantitative estimate of drug-likeness (QED) is 0.512. The van der Waals surface area contributed by atoms with Gasteiger partial charge in [0.15, 0.2) is 0 Å². The van der Waals surface area contributed by atoms with Crippen molar-refractivity contribution in [2.75, 3.05) is 13.6 Å². The Morgan fingerprint density at radius 1 is 1.46 bits per heavy atom. The lowest BCUT2D eigenvalue weighted by Crippen LogP contribution is -2.47. The topological polar surface area (TPSA) is 3.24 Å². The van der Waals surface area contributed by atoms with E-state index in [1.807, 2.05) is 0 Å². The van der Waals surface area contributed by atoms with Crippen molar-refractivity contribution >= 4 is 0 Å². The highest BCUT2D eigenvalue weighted by Crippen LogP contribution is 2.58. The molecule has 0 bridgehead atoms. The van der Waals surface area contributed by atoms with Crippen LogP contribution in [0.25, 0.3) is 0 Å². The molecule has 0 aromatic rings. The number of likely N-dealkylation sites (tertiary alicyclic amines) is 1. The molecule has 0 aromatic heterocycles. The number of terminal acetylenes is 1. The maximum atomic E-state index is 5.77. The lowest BCUT2D eigenvalue weighted by molar-refractivity contribution is 0.124. The predicted molar refractivity (Wildman–Crippen MR) is 55.3 cm³/mol. The van der Waals surface area contributed by atoms with Crippen LogP contribution in [0, 0.1) is 23.7 Å². The zero-order chi connectivity index (χ0) is 9.69. The maximum absolute atomic E-state index is 5.77. The van der Waals surface area contributed by atoms with Crippen molar-refractivity contribution < 1.29 is 0 Å². The molecule has 72 valence electrons. The van der Waals surface area contributed by atoms with Crippen LogP contribution in [-0.4, -0.2) is 24.0 Å². The van der Waals surface area contributed by atoms with Gasteiger partial charge >= 0.3 is 0 Å². The van der Waals surface area contributed by atoms with Crippen molar-refractivity contribution in [1.82, 2.24) is 4.90 Å². The van der Waals surface area contributed by atoms with Gasteiger partial charge in [0, 0.05) is 5.54 Å². The van der Waals surface area contributed by atoms with Gasteiger partial charge in [0.05, 0.1) is 5.41 Å². The van der Waals surface area contributed by atoms with Crippen LogP contribution in [0.2, 0.25) is 0 Å². The van der Waals surface area contributed by atoms with E-state index < -0.39 is 0 Å². The van der Waals surface area contributed by atoms with Gasteiger partial charge in [-0.2, -0.15) is 0 Å². The molecular weight excluding hydrogens is 158 g/mol. The van der Waals surface area contributed by atoms with E-state index in [1.54, 1.807) is 0 Å². The minimum atomic E-state index is 0.168. The fourth-order valence-corrected chi connectivity index (χ4v) is 3.51. The number of hydrogen-bond donors (Lipinski definition) is 0. The molecular formula is C12H19N. The molecule has 3 atom stereocenters. The molecule has 1 unspecified atom stereocenters. The molecule has 0 N–H and O–H groups in total. The lowest BCUT2D eigenvalue weighted by atomic mass is 9.70. The highest BCUT2D eigenvalue weighted by Gasteiger charge is 2.60. The summed E-state index contributed by atoms with van der Waals surface area (Å²) in [6.07, 6.45) is 9.53. The van der Waals surface area contributed by atoms with Gasteiger partial charge in [-0.25, -0.2) is 0 Å². The van der Waals surface area contributed by atoms with E-state index in [2.05, 4.69) is 31.7 Å². The number of hydrogen-bond acceptors (Lipinski definition) is 1. The van der Waals surface area contributed by atoms with Gasteiger partial charge in [0.2, 0.25) is 0 Å². The van der Waals surface area contributed by atoms with Crippen LogP contribution in [-0.2, 0) is 0 Å². The first-order valence-electron chi connectivity index (χ1n) is 5.26. The zero-order valence-electron chi connectivity index (χ0n) is 8.93. The van der Waals surface area contributed by atoms with Crippen molar-refractivity contribution in [3.8, 4) is 12.3 Å². The fraction of sp³-hybridized carbons (Fsp3) is 0.833. The van der Waals surface area contributed by atoms with Gasteiger partial charge in [-0.15, -0.1) is 6.42 Å². The molecule has 1 aliphatic heterocycles. The Kier molecular flexibility index (Phi) is 1.76. The first-order valence-corrected chi connectivity index (χ1v) is 5.26. The largest absolute Gasteiger partial charge is 0.299 e. The number of fused-ring (bicyclic) bond motifs is 1. The monoisotopic (exact) mass is 177 g/mol. The molecule has 2 rings (SSSR count). The van der Waals surface area contributed by atoms with Gasteiger partial charge in [-0.05, 0) is 45.7 Å².